The molecule has 0 aromatic carbocycles. The second-order valence-electron chi connectivity index (χ2n) is 2.33. The fourth-order valence-corrected chi connectivity index (χ4v) is 0.816. The molecule has 0 unspecified atom stereocenters. The van der Waals surface area contributed by atoms with Crippen LogP contribution in [0.4, 0.5) is 0 Å². The number of hydrogen-bond donors (Lipinski definition) is 0. The molecule has 3 heteroatoms. The van der Waals surface area contributed by atoms with Crippen molar-refractivity contribution in [1.29, 1.82) is 10.5 Å². The SMILES string of the molecule is CCCCC(OC)=C(C#N)C#N. The van der Waals surface area contributed by atoms with Crippen molar-refractivity contribution in [2.45, 2.75) is 26.2 Å². The third kappa shape index (κ3) is 3.07. The summed E-state index contributed by atoms with van der Waals surface area (Å²) >= 11 is 0. The quantitative estimate of drug-likeness (QED) is 0.472. The van der Waals surface area contributed by atoms with Crippen molar-refractivity contribution >= 4 is 0 Å². The number of nitrogens with zero attached hydrogens (tertiary/aromatic N) is 2. The maximum Gasteiger partial charge on any atom is 0.167 e. The maximum atomic E-state index is 8.52. The summed E-state index contributed by atoms with van der Waals surface area (Å²) in [5.74, 6) is 0.502. The first-order valence-electron chi connectivity index (χ1n) is 3.87. The van der Waals surface area contributed by atoms with E-state index in [0.717, 1.165) is 12.8 Å². The molecule has 0 heterocycles. The Kier molecular flexibility index (Phi) is 5.47. The first kappa shape index (κ1) is 10.5. The molecule has 64 valence electrons. The summed E-state index contributed by atoms with van der Waals surface area (Å²) in [6.07, 6.45) is 2.64. The largest absolute Gasteiger partial charge is 0.499 e. The van der Waals surface area contributed by atoms with Crippen LogP contribution in [0.3, 0.4) is 0 Å². The number of rotatable bonds is 4. The van der Waals surface area contributed by atoms with Gasteiger partial charge in [0, 0.05) is 6.42 Å². The van der Waals surface area contributed by atoms with E-state index in [2.05, 4.69) is 0 Å². The van der Waals surface area contributed by atoms with Gasteiger partial charge in [-0.3, -0.25) is 0 Å². The average Bonchev–Trinajstić information content (AvgIpc) is 2.12. The van der Waals surface area contributed by atoms with Gasteiger partial charge in [-0.25, -0.2) is 0 Å². The van der Waals surface area contributed by atoms with Crippen LogP contribution in [0, 0.1) is 22.7 Å². The normalized spacial score (nSPS) is 8.00. The molecule has 0 bridgehead atoms. The van der Waals surface area contributed by atoms with Crippen LogP contribution in [-0.4, -0.2) is 7.11 Å². The number of hydrogen-bond acceptors (Lipinski definition) is 3. The summed E-state index contributed by atoms with van der Waals surface area (Å²) < 4.78 is 4.93. The van der Waals surface area contributed by atoms with E-state index in [0.29, 0.717) is 12.2 Å². The van der Waals surface area contributed by atoms with Crippen molar-refractivity contribution < 1.29 is 4.74 Å². The van der Waals surface area contributed by atoms with Crippen molar-refractivity contribution in [3.8, 4) is 12.1 Å². The summed E-state index contributed by atoms with van der Waals surface area (Å²) in [7, 11) is 1.49. The fraction of sp³-hybridized carbons (Fsp3) is 0.556. The summed E-state index contributed by atoms with van der Waals surface area (Å²) in [4.78, 5) is 0. The van der Waals surface area contributed by atoms with Crippen molar-refractivity contribution in [3.63, 3.8) is 0 Å². The number of unbranched alkanes of at least 4 members (excludes halogenated alkanes) is 1. The monoisotopic (exact) mass is 164 g/mol. The Balaban J connectivity index is 4.42. The summed E-state index contributed by atoms with van der Waals surface area (Å²) in [5.41, 5.74) is 0.0888. The summed E-state index contributed by atoms with van der Waals surface area (Å²) in [5, 5.41) is 17.0. The van der Waals surface area contributed by atoms with Crippen LogP contribution < -0.4 is 0 Å². The summed E-state index contributed by atoms with van der Waals surface area (Å²) in [6, 6.07) is 3.61. The molecular formula is C9H12N2O. The number of methoxy groups -OCH3 is 1. The van der Waals surface area contributed by atoms with Crippen LogP contribution >= 0.6 is 0 Å². The van der Waals surface area contributed by atoms with E-state index in [1.165, 1.54) is 7.11 Å². The molecule has 3 nitrogen and oxygen atoms in total. The predicted octanol–water partition coefficient (Wildman–Crippen LogP) is 2.12. The van der Waals surface area contributed by atoms with E-state index in [-0.39, 0.29) is 5.57 Å². The molecule has 0 aliphatic carbocycles. The molecule has 0 rings (SSSR count). The Morgan fingerprint density at radius 2 is 1.92 bits per heavy atom. The van der Waals surface area contributed by atoms with Crippen LogP contribution in [0.5, 0.6) is 0 Å². The Hall–Kier alpha value is -1.48. The van der Waals surface area contributed by atoms with Gasteiger partial charge in [-0.1, -0.05) is 13.3 Å². The molecule has 0 radical (unpaired) electrons. The highest BCUT2D eigenvalue weighted by Crippen LogP contribution is 2.12. The molecule has 0 saturated carbocycles. The van der Waals surface area contributed by atoms with Crippen LogP contribution in [0.2, 0.25) is 0 Å². The maximum absolute atomic E-state index is 8.52. The third-order valence-corrected chi connectivity index (χ3v) is 1.51. The van der Waals surface area contributed by atoms with Gasteiger partial charge in [0.2, 0.25) is 0 Å². The molecule has 12 heavy (non-hydrogen) atoms. The Morgan fingerprint density at radius 1 is 1.33 bits per heavy atom. The first-order chi connectivity index (χ1) is 5.79. The summed E-state index contributed by atoms with van der Waals surface area (Å²) in [6.45, 7) is 2.05. The van der Waals surface area contributed by atoms with E-state index >= 15 is 0 Å². The van der Waals surface area contributed by atoms with E-state index in [1.54, 1.807) is 12.1 Å². The highest BCUT2D eigenvalue weighted by molar-refractivity contribution is 5.37. The van der Waals surface area contributed by atoms with E-state index in [4.69, 9.17) is 15.3 Å². The zero-order valence-electron chi connectivity index (χ0n) is 7.42. The third-order valence-electron chi connectivity index (χ3n) is 1.51. The van der Waals surface area contributed by atoms with Gasteiger partial charge in [-0.05, 0) is 6.42 Å². The lowest BCUT2D eigenvalue weighted by Crippen LogP contribution is -1.91. The van der Waals surface area contributed by atoms with E-state index in [1.807, 2.05) is 6.92 Å². The molecule has 0 atom stereocenters. The lowest BCUT2D eigenvalue weighted by Gasteiger charge is -2.03. The van der Waals surface area contributed by atoms with Crippen molar-refractivity contribution in [1.82, 2.24) is 0 Å². The van der Waals surface area contributed by atoms with Crippen LogP contribution in [0.1, 0.15) is 26.2 Å². The van der Waals surface area contributed by atoms with E-state index in [9.17, 15) is 0 Å². The lowest BCUT2D eigenvalue weighted by atomic mass is 10.1. The highest BCUT2D eigenvalue weighted by Gasteiger charge is 2.04. The van der Waals surface area contributed by atoms with Gasteiger partial charge in [0.25, 0.3) is 0 Å². The standard InChI is InChI=1S/C9H12N2O/c1-3-4-5-9(12-2)8(6-10)7-11/h3-5H2,1-2H3. The molecule has 0 aromatic rings. The first-order valence-corrected chi connectivity index (χ1v) is 3.87. The van der Waals surface area contributed by atoms with Gasteiger partial charge >= 0.3 is 0 Å². The fourth-order valence-electron chi connectivity index (χ4n) is 0.816. The molecule has 0 fully saturated rings. The zero-order valence-corrected chi connectivity index (χ0v) is 7.42. The number of nitriles is 2. The minimum Gasteiger partial charge on any atom is -0.499 e. The van der Waals surface area contributed by atoms with Gasteiger partial charge in [0.15, 0.2) is 5.57 Å². The minimum atomic E-state index is 0.0888. The number of ether oxygens (including phenoxy) is 1. The molecule has 0 aliphatic heterocycles. The van der Waals surface area contributed by atoms with Crippen molar-refractivity contribution in [2.75, 3.05) is 7.11 Å². The zero-order chi connectivity index (χ0) is 9.40. The van der Waals surface area contributed by atoms with Crippen LogP contribution in [-0.2, 0) is 4.74 Å². The van der Waals surface area contributed by atoms with Gasteiger partial charge in [-0.2, -0.15) is 10.5 Å². The average molecular weight is 164 g/mol. The topological polar surface area (TPSA) is 56.8 Å². The van der Waals surface area contributed by atoms with Gasteiger partial charge in [-0.15, -0.1) is 0 Å². The Labute approximate surface area is 72.9 Å². The Bertz CT molecular complexity index is 226. The van der Waals surface area contributed by atoms with Gasteiger partial charge < -0.3 is 4.74 Å². The van der Waals surface area contributed by atoms with Crippen LogP contribution in [0.15, 0.2) is 11.3 Å². The second-order valence-corrected chi connectivity index (χ2v) is 2.33. The van der Waals surface area contributed by atoms with Crippen LogP contribution in [0.25, 0.3) is 0 Å². The lowest BCUT2D eigenvalue weighted by molar-refractivity contribution is 0.273. The Morgan fingerprint density at radius 3 is 2.25 bits per heavy atom. The highest BCUT2D eigenvalue weighted by atomic mass is 16.5. The number of allylic oxidation sites excluding steroid dienone is 2. The molecule has 0 aliphatic rings. The minimum absolute atomic E-state index is 0.0888. The van der Waals surface area contributed by atoms with Crippen molar-refractivity contribution in [2.24, 2.45) is 0 Å². The van der Waals surface area contributed by atoms with Crippen molar-refractivity contribution in [3.05, 3.63) is 11.3 Å². The molecule has 0 spiro atoms. The van der Waals surface area contributed by atoms with Gasteiger partial charge in [0.05, 0.1) is 7.11 Å². The van der Waals surface area contributed by atoms with Gasteiger partial charge in [0.1, 0.15) is 17.9 Å². The second kappa shape index (κ2) is 6.24. The molecular weight excluding hydrogens is 152 g/mol. The molecule has 0 N–H and O–H groups in total. The predicted molar refractivity (Wildman–Crippen MR) is 44.8 cm³/mol. The molecule has 0 aromatic heterocycles. The molecule has 0 amide bonds. The smallest absolute Gasteiger partial charge is 0.167 e. The molecule has 0 saturated heterocycles. The van der Waals surface area contributed by atoms with E-state index < -0.39 is 0 Å².